The summed E-state index contributed by atoms with van der Waals surface area (Å²) in [6, 6.07) is 8.34. The lowest BCUT2D eigenvalue weighted by atomic mass is 10.1. The number of nitrogens with one attached hydrogen (secondary N) is 1. The number of carbonyl (C=O) groups excluding carboxylic acids is 1. The van der Waals surface area contributed by atoms with E-state index in [9.17, 15) is 4.79 Å². The molecule has 0 heterocycles. The Balaban J connectivity index is 2.17. The molecule has 1 aromatic carbocycles. The molecule has 1 amide bonds. The van der Waals surface area contributed by atoms with Gasteiger partial charge < -0.3 is 10.2 Å². The predicted molar refractivity (Wildman–Crippen MR) is 84.1 cm³/mol. The SMILES string of the molecule is CCCNc1ccccc1C(=O)N(CC(C)C)C1CC1. The van der Waals surface area contributed by atoms with E-state index in [0.717, 1.165) is 43.6 Å². The largest absolute Gasteiger partial charge is 0.384 e. The second-order valence-corrected chi connectivity index (χ2v) is 6.05. The van der Waals surface area contributed by atoms with Crippen LogP contribution in [0.5, 0.6) is 0 Å². The van der Waals surface area contributed by atoms with E-state index in [-0.39, 0.29) is 5.91 Å². The summed E-state index contributed by atoms with van der Waals surface area (Å²) in [5.41, 5.74) is 1.78. The van der Waals surface area contributed by atoms with E-state index in [4.69, 9.17) is 0 Å². The minimum Gasteiger partial charge on any atom is -0.384 e. The molecule has 0 bridgehead atoms. The lowest BCUT2D eigenvalue weighted by Crippen LogP contribution is -2.36. The van der Waals surface area contributed by atoms with E-state index in [2.05, 4.69) is 31.0 Å². The number of nitrogens with zero attached hydrogens (tertiary/aromatic N) is 1. The maximum atomic E-state index is 12.8. The van der Waals surface area contributed by atoms with E-state index in [1.54, 1.807) is 0 Å². The highest BCUT2D eigenvalue weighted by atomic mass is 16.2. The first-order valence-corrected chi connectivity index (χ1v) is 7.77. The van der Waals surface area contributed by atoms with Gasteiger partial charge in [0.05, 0.1) is 5.56 Å². The molecule has 2 rings (SSSR count). The average molecular weight is 274 g/mol. The van der Waals surface area contributed by atoms with Crippen molar-refractivity contribution in [2.45, 2.75) is 46.1 Å². The molecule has 0 unspecified atom stereocenters. The Hall–Kier alpha value is -1.51. The first-order chi connectivity index (χ1) is 9.63. The smallest absolute Gasteiger partial charge is 0.256 e. The van der Waals surface area contributed by atoms with Crippen molar-refractivity contribution in [3.05, 3.63) is 29.8 Å². The van der Waals surface area contributed by atoms with Gasteiger partial charge >= 0.3 is 0 Å². The molecule has 0 aliphatic heterocycles. The Morgan fingerprint density at radius 1 is 1.35 bits per heavy atom. The van der Waals surface area contributed by atoms with Crippen LogP contribution in [-0.2, 0) is 0 Å². The molecule has 1 aliphatic rings. The molecule has 20 heavy (non-hydrogen) atoms. The fourth-order valence-electron chi connectivity index (χ4n) is 2.42. The van der Waals surface area contributed by atoms with Gasteiger partial charge in [-0.15, -0.1) is 0 Å². The molecular formula is C17H26N2O. The number of hydrogen-bond acceptors (Lipinski definition) is 2. The fraction of sp³-hybridized carbons (Fsp3) is 0.588. The number of amides is 1. The first-order valence-electron chi connectivity index (χ1n) is 7.77. The lowest BCUT2D eigenvalue weighted by Gasteiger charge is -2.25. The van der Waals surface area contributed by atoms with Crippen molar-refractivity contribution in [2.24, 2.45) is 5.92 Å². The topological polar surface area (TPSA) is 32.3 Å². The third-order valence-corrected chi connectivity index (χ3v) is 3.53. The van der Waals surface area contributed by atoms with E-state index in [1.165, 1.54) is 0 Å². The van der Waals surface area contributed by atoms with Gasteiger partial charge in [-0.1, -0.05) is 32.9 Å². The molecule has 3 heteroatoms. The highest BCUT2D eigenvalue weighted by molar-refractivity contribution is 6.00. The van der Waals surface area contributed by atoms with Crippen molar-refractivity contribution >= 4 is 11.6 Å². The van der Waals surface area contributed by atoms with Gasteiger partial charge in [0, 0.05) is 24.8 Å². The van der Waals surface area contributed by atoms with Crippen LogP contribution in [0.4, 0.5) is 5.69 Å². The highest BCUT2D eigenvalue weighted by Gasteiger charge is 2.33. The molecule has 0 spiro atoms. The molecule has 1 fully saturated rings. The Kier molecular flexibility index (Phi) is 5.05. The second-order valence-electron chi connectivity index (χ2n) is 6.05. The normalized spacial score (nSPS) is 14.4. The van der Waals surface area contributed by atoms with E-state index in [1.807, 2.05) is 24.3 Å². The number of rotatable bonds is 7. The van der Waals surface area contributed by atoms with Crippen LogP contribution in [0.2, 0.25) is 0 Å². The quantitative estimate of drug-likeness (QED) is 0.821. The highest BCUT2D eigenvalue weighted by Crippen LogP contribution is 2.30. The monoisotopic (exact) mass is 274 g/mol. The number of anilines is 1. The van der Waals surface area contributed by atoms with Crippen LogP contribution >= 0.6 is 0 Å². The zero-order chi connectivity index (χ0) is 14.5. The lowest BCUT2D eigenvalue weighted by molar-refractivity contribution is 0.0723. The van der Waals surface area contributed by atoms with Gasteiger partial charge in [0.2, 0.25) is 0 Å². The van der Waals surface area contributed by atoms with Crippen molar-refractivity contribution < 1.29 is 4.79 Å². The van der Waals surface area contributed by atoms with Gasteiger partial charge in [-0.2, -0.15) is 0 Å². The van der Waals surface area contributed by atoms with Gasteiger partial charge in [-0.05, 0) is 37.3 Å². The minimum atomic E-state index is 0.181. The third-order valence-electron chi connectivity index (χ3n) is 3.53. The summed E-state index contributed by atoms with van der Waals surface area (Å²) < 4.78 is 0. The summed E-state index contributed by atoms with van der Waals surface area (Å²) in [7, 11) is 0. The van der Waals surface area contributed by atoms with Crippen molar-refractivity contribution in [3.63, 3.8) is 0 Å². The van der Waals surface area contributed by atoms with Crippen LogP contribution in [0.3, 0.4) is 0 Å². The van der Waals surface area contributed by atoms with Gasteiger partial charge in [0.1, 0.15) is 0 Å². The van der Waals surface area contributed by atoms with E-state index < -0.39 is 0 Å². The standard InChI is InChI=1S/C17H26N2O/c1-4-11-18-16-8-6-5-7-15(16)17(20)19(12-13(2)3)14-9-10-14/h5-8,13-14,18H,4,9-12H2,1-3H3. The molecule has 0 saturated heterocycles. The van der Waals surface area contributed by atoms with E-state index >= 15 is 0 Å². The Labute approximate surface area is 122 Å². The molecule has 0 radical (unpaired) electrons. The number of benzene rings is 1. The van der Waals surface area contributed by atoms with Gasteiger partial charge in [0.25, 0.3) is 5.91 Å². The first kappa shape index (κ1) is 14.9. The van der Waals surface area contributed by atoms with Crippen LogP contribution in [0.15, 0.2) is 24.3 Å². The Morgan fingerprint density at radius 3 is 2.65 bits per heavy atom. The zero-order valence-electron chi connectivity index (χ0n) is 12.9. The number of para-hydroxylation sites is 1. The second kappa shape index (κ2) is 6.78. The molecule has 1 saturated carbocycles. The fourth-order valence-corrected chi connectivity index (χ4v) is 2.42. The van der Waals surface area contributed by atoms with Crippen LogP contribution in [0, 0.1) is 5.92 Å². The molecule has 1 N–H and O–H groups in total. The number of carbonyl (C=O) groups is 1. The third kappa shape index (κ3) is 3.75. The maximum absolute atomic E-state index is 12.8. The van der Waals surface area contributed by atoms with Gasteiger partial charge in [-0.25, -0.2) is 0 Å². The van der Waals surface area contributed by atoms with Crippen LogP contribution in [-0.4, -0.2) is 29.9 Å². The van der Waals surface area contributed by atoms with Crippen molar-refractivity contribution in [2.75, 3.05) is 18.4 Å². The predicted octanol–water partition coefficient (Wildman–Crippen LogP) is 3.77. The van der Waals surface area contributed by atoms with Crippen LogP contribution in [0.25, 0.3) is 0 Å². The van der Waals surface area contributed by atoms with Gasteiger partial charge in [-0.3, -0.25) is 4.79 Å². The van der Waals surface area contributed by atoms with Crippen LogP contribution in [0.1, 0.15) is 50.4 Å². The Morgan fingerprint density at radius 2 is 2.05 bits per heavy atom. The molecule has 110 valence electrons. The van der Waals surface area contributed by atoms with Crippen molar-refractivity contribution in [3.8, 4) is 0 Å². The van der Waals surface area contributed by atoms with Crippen molar-refractivity contribution in [1.29, 1.82) is 0 Å². The zero-order valence-corrected chi connectivity index (χ0v) is 12.9. The molecule has 1 aliphatic carbocycles. The maximum Gasteiger partial charge on any atom is 0.256 e. The van der Waals surface area contributed by atoms with Gasteiger partial charge in [0.15, 0.2) is 0 Å². The van der Waals surface area contributed by atoms with E-state index in [0.29, 0.717) is 12.0 Å². The summed E-state index contributed by atoms with van der Waals surface area (Å²) in [5, 5.41) is 3.36. The van der Waals surface area contributed by atoms with Crippen LogP contribution < -0.4 is 5.32 Å². The summed E-state index contributed by atoms with van der Waals surface area (Å²) in [6.07, 6.45) is 3.37. The molecule has 0 aromatic heterocycles. The van der Waals surface area contributed by atoms with Crippen molar-refractivity contribution in [1.82, 2.24) is 4.90 Å². The summed E-state index contributed by atoms with van der Waals surface area (Å²) in [6.45, 7) is 8.23. The number of hydrogen-bond donors (Lipinski definition) is 1. The minimum absolute atomic E-state index is 0.181. The summed E-state index contributed by atoms with van der Waals surface area (Å²) in [4.78, 5) is 14.9. The molecule has 1 aromatic rings. The Bertz CT molecular complexity index is 452. The molecule has 0 atom stereocenters. The molecular weight excluding hydrogens is 248 g/mol. The average Bonchev–Trinajstić information content (AvgIpc) is 3.26. The molecule has 3 nitrogen and oxygen atoms in total. The summed E-state index contributed by atoms with van der Waals surface area (Å²) >= 11 is 0. The summed E-state index contributed by atoms with van der Waals surface area (Å²) in [5.74, 6) is 0.690.